The number of carbonyl (C=O) groups is 2. The highest BCUT2D eigenvalue weighted by molar-refractivity contribution is 7.89. The predicted octanol–water partition coefficient (Wildman–Crippen LogP) is 5.45. The summed E-state index contributed by atoms with van der Waals surface area (Å²) in [6.45, 7) is 9.04. The molecule has 0 aliphatic heterocycles. The van der Waals surface area contributed by atoms with Gasteiger partial charge in [-0.15, -0.1) is 0 Å². The first-order valence-corrected chi connectivity index (χ1v) is 18.3. The number of nitrogens with zero attached hydrogens (tertiary/aromatic N) is 2. The van der Waals surface area contributed by atoms with Crippen molar-refractivity contribution in [2.24, 2.45) is 17.0 Å². The number of hydrazine groups is 1. The summed E-state index contributed by atoms with van der Waals surface area (Å²) in [5.41, 5.74) is 9.85. The van der Waals surface area contributed by atoms with Crippen LogP contribution in [0.1, 0.15) is 66.5 Å². The molecule has 3 aromatic carbocycles. The fourth-order valence-electron chi connectivity index (χ4n) is 5.67. The van der Waals surface area contributed by atoms with Crippen LogP contribution >= 0.6 is 0 Å². The van der Waals surface area contributed by atoms with E-state index in [4.69, 9.17) is 25.8 Å². The molecule has 0 radical (unpaired) electrons. The van der Waals surface area contributed by atoms with Gasteiger partial charge in [-0.1, -0.05) is 48.5 Å². The number of esters is 1. The van der Waals surface area contributed by atoms with Gasteiger partial charge in [-0.2, -0.15) is 0 Å². The van der Waals surface area contributed by atoms with Crippen molar-refractivity contribution in [3.05, 3.63) is 125 Å². The number of aromatic nitrogens is 1. The molecule has 4 aromatic rings. The van der Waals surface area contributed by atoms with E-state index >= 15 is 0 Å². The summed E-state index contributed by atoms with van der Waals surface area (Å²) < 4.78 is 46.6. The molecule has 1 aromatic heterocycles. The summed E-state index contributed by atoms with van der Waals surface area (Å²) in [5.74, 6) is 4.93. The number of aromatic carboxylic acids is 1. The number of carbonyl (C=O) groups excluding carboxylic acids is 1. The number of hydrogen-bond acceptors (Lipinski definition) is 11. The van der Waals surface area contributed by atoms with Crippen LogP contribution in [-0.4, -0.2) is 55.3 Å². The normalized spacial score (nSPS) is 12.7. The Balaban J connectivity index is 1.51. The minimum atomic E-state index is -3.95. The average Bonchev–Trinajstić information content (AvgIpc) is 3.11. The predicted molar refractivity (Wildman–Crippen MR) is 201 cm³/mol. The van der Waals surface area contributed by atoms with Gasteiger partial charge in [0, 0.05) is 18.9 Å². The Morgan fingerprint density at radius 1 is 1.02 bits per heavy atom. The third-order valence-corrected chi connectivity index (χ3v) is 9.79. The number of ether oxygens (including phenoxy) is 3. The fraction of sp³-hybridized carbons (Fsp3) is 0.308. The third kappa shape index (κ3) is 10.6. The van der Waals surface area contributed by atoms with E-state index in [1.54, 1.807) is 44.2 Å². The van der Waals surface area contributed by atoms with Crippen LogP contribution in [0.4, 0.5) is 0 Å². The van der Waals surface area contributed by atoms with E-state index in [2.05, 4.69) is 9.71 Å². The van der Waals surface area contributed by atoms with E-state index in [0.717, 1.165) is 16.7 Å². The van der Waals surface area contributed by atoms with Gasteiger partial charge in [0.1, 0.15) is 16.3 Å². The molecule has 53 heavy (non-hydrogen) atoms. The highest BCUT2D eigenvalue weighted by atomic mass is 32.2. The molecule has 13 nitrogen and oxygen atoms in total. The lowest BCUT2D eigenvalue weighted by molar-refractivity contribution is -0.160. The van der Waals surface area contributed by atoms with Crippen molar-refractivity contribution in [2.45, 2.75) is 64.8 Å². The Labute approximate surface area is 310 Å². The zero-order valence-corrected chi connectivity index (χ0v) is 31.5. The number of pyridine rings is 1. The number of methoxy groups -OCH3 is 1. The van der Waals surface area contributed by atoms with Crippen LogP contribution in [0, 0.1) is 12.3 Å². The molecule has 0 aliphatic carbocycles. The van der Waals surface area contributed by atoms with Gasteiger partial charge >= 0.3 is 11.9 Å². The quantitative estimate of drug-likeness (QED) is 0.0607. The topological polar surface area (TPSA) is 196 Å². The molecule has 1 heterocycles. The van der Waals surface area contributed by atoms with Crippen molar-refractivity contribution in [1.82, 2.24) is 14.7 Å². The van der Waals surface area contributed by atoms with Gasteiger partial charge in [0.2, 0.25) is 10.0 Å². The number of aryl methyl sites for hydroxylation is 1. The van der Waals surface area contributed by atoms with Gasteiger partial charge in [0.05, 0.1) is 43.6 Å². The number of carboxylic acid groups (broad SMARTS) is 1. The number of rotatable bonds is 17. The van der Waals surface area contributed by atoms with Gasteiger partial charge in [0.25, 0.3) is 0 Å². The monoisotopic (exact) mass is 745 g/mol. The number of sulfonamides is 1. The molecule has 0 fully saturated rings. The first kappa shape index (κ1) is 40.5. The van der Waals surface area contributed by atoms with Gasteiger partial charge in [-0.25, -0.2) is 28.8 Å². The Kier molecular flexibility index (Phi) is 13.4. The van der Waals surface area contributed by atoms with Crippen molar-refractivity contribution >= 4 is 22.0 Å². The molecule has 0 saturated carbocycles. The highest BCUT2D eigenvalue weighted by Gasteiger charge is 2.40. The largest absolute Gasteiger partial charge is 0.490 e. The summed E-state index contributed by atoms with van der Waals surface area (Å²) in [5, 5.41) is 10.7. The molecule has 0 amide bonds. The molecule has 0 saturated heterocycles. The summed E-state index contributed by atoms with van der Waals surface area (Å²) in [7, 11) is -2.65. The number of hydrogen-bond donors (Lipinski definition) is 4. The van der Waals surface area contributed by atoms with Gasteiger partial charge < -0.3 is 30.1 Å². The van der Waals surface area contributed by atoms with Crippen molar-refractivity contribution in [2.75, 3.05) is 13.7 Å². The third-order valence-electron chi connectivity index (χ3n) is 8.35. The van der Waals surface area contributed by atoms with Crippen LogP contribution in [0.3, 0.4) is 0 Å². The minimum Gasteiger partial charge on any atom is -0.490 e. The van der Waals surface area contributed by atoms with Gasteiger partial charge in [0.15, 0.2) is 0 Å². The smallest absolute Gasteiger partial charge is 0.354 e. The van der Waals surface area contributed by atoms with Crippen LogP contribution in [-0.2, 0) is 37.4 Å². The van der Waals surface area contributed by atoms with Crippen LogP contribution < -0.4 is 21.0 Å². The van der Waals surface area contributed by atoms with E-state index in [9.17, 15) is 23.1 Å². The number of nitrogens with two attached hydrogens (primary N) is 2. The number of nitrogens with one attached hydrogen (secondary N) is 1. The van der Waals surface area contributed by atoms with Crippen LogP contribution in [0.5, 0.6) is 5.75 Å². The Bertz CT molecular complexity index is 2070. The Morgan fingerprint density at radius 2 is 1.74 bits per heavy atom. The maximum atomic E-state index is 13.4. The highest BCUT2D eigenvalue weighted by Crippen LogP contribution is 2.39. The lowest BCUT2D eigenvalue weighted by Crippen LogP contribution is -2.35. The summed E-state index contributed by atoms with van der Waals surface area (Å²) >= 11 is 0. The molecule has 1 atom stereocenters. The first-order valence-electron chi connectivity index (χ1n) is 16.8. The summed E-state index contributed by atoms with van der Waals surface area (Å²) in [6.07, 6.45) is 1.91. The van der Waals surface area contributed by atoms with E-state index in [0.29, 0.717) is 16.7 Å². The number of carboxylic acids is 1. The molecular weight excluding hydrogens is 699 g/mol. The van der Waals surface area contributed by atoms with Crippen LogP contribution in [0.2, 0.25) is 0 Å². The second-order valence-electron chi connectivity index (χ2n) is 13.3. The van der Waals surface area contributed by atoms with Crippen LogP contribution in [0.15, 0.2) is 102 Å². The Morgan fingerprint density at radius 3 is 2.43 bits per heavy atom. The second-order valence-corrected chi connectivity index (χ2v) is 15.1. The average molecular weight is 746 g/mol. The molecule has 6 N–H and O–H groups in total. The second kappa shape index (κ2) is 17.5. The molecule has 0 spiro atoms. The van der Waals surface area contributed by atoms with E-state index in [-0.39, 0.29) is 47.8 Å². The van der Waals surface area contributed by atoms with Crippen molar-refractivity contribution < 1.29 is 37.3 Å². The number of benzene rings is 3. The van der Waals surface area contributed by atoms with Crippen molar-refractivity contribution in [3.63, 3.8) is 0 Å². The molecule has 282 valence electrons. The van der Waals surface area contributed by atoms with E-state index in [1.807, 2.05) is 57.2 Å². The van der Waals surface area contributed by atoms with Crippen LogP contribution in [0.25, 0.3) is 11.1 Å². The number of para-hydroxylation sites is 1. The SMILES string of the molecule is COC(=O)C(C)(C)C(OC/C(N)=C/N(N)Cc1cccc(-c2ccnc(C(=O)O)c2)c1)c1ccc(C)c(CNS(=O)(=O)c2ccccc2OC(C)C)c1. The van der Waals surface area contributed by atoms with Crippen molar-refractivity contribution in [3.8, 4) is 16.9 Å². The molecule has 0 aliphatic rings. The first-order chi connectivity index (χ1) is 25.0. The zero-order chi connectivity index (χ0) is 38.9. The lowest BCUT2D eigenvalue weighted by Gasteiger charge is -2.32. The molecular formula is C39H47N5O8S. The van der Waals surface area contributed by atoms with E-state index in [1.165, 1.54) is 36.6 Å². The minimum absolute atomic E-state index is 0.0301. The fourth-order valence-corrected chi connectivity index (χ4v) is 6.81. The van der Waals surface area contributed by atoms with Gasteiger partial charge in [-0.3, -0.25) is 4.79 Å². The van der Waals surface area contributed by atoms with Gasteiger partial charge in [-0.05, 0) is 98.3 Å². The standard InChI is InChI=1S/C39H47N5O8S/c1-25(2)52-34-12-7-8-13-35(34)53(48,49)43-21-31-19-30(15-14-26(31)3)36(39(4,5)38(47)50-6)51-24-32(40)23-44(41)22-27-10-9-11-28(18-27)29-16-17-42-33(20-29)37(45)46/h7-20,23,25,36,43H,21-22,24,40-41H2,1-6H3,(H,45,46)/b32-23-. The van der Waals surface area contributed by atoms with Crippen molar-refractivity contribution in [1.29, 1.82) is 0 Å². The molecule has 1 unspecified atom stereocenters. The lowest BCUT2D eigenvalue weighted by atomic mass is 9.81. The summed E-state index contributed by atoms with van der Waals surface area (Å²) in [4.78, 5) is 28.3. The molecule has 14 heteroatoms. The maximum absolute atomic E-state index is 13.4. The Hall–Kier alpha value is -5.28. The summed E-state index contributed by atoms with van der Waals surface area (Å²) in [6, 6.07) is 22.6. The molecule has 0 bridgehead atoms. The molecule has 4 rings (SSSR count). The maximum Gasteiger partial charge on any atom is 0.354 e. The van der Waals surface area contributed by atoms with E-state index < -0.39 is 33.5 Å². The zero-order valence-electron chi connectivity index (χ0n) is 30.7.